The van der Waals surface area contributed by atoms with Gasteiger partial charge in [0.15, 0.2) is 0 Å². The minimum atomic E-state index is -0.0161. The van der Waals surface area contributed by atoms with Gasteiger partial charge in [-0.15, -0.1) is 0 Å². The third-order valence-corrected chi connectivity index (χ3v) is 3.39. The zero-order valence-corrected chi connectivity index (χ0v) is 7.63. The normalized spacial score (nSPS) is 36.8. The van der Waals surface area contributed by atoms with Gasteiger partial charge in [0.05, 0.1) is 6.10 Å². The number of nitrogens with one attached hydrogen (secondary N) is 1. The molecule has 0 radical (unpaired) electrons. The molecule has 0 amide bonds. The van der Waals surface area contributed by atoms with Gasteiger partial charge in [-0.2, -0.15) is 0 Å². The molecule has 2 nitrogen and oxygen atoms in total. The van der Waals surface area contributed by atoms with E-state index in [1.54, 1.807) is 0 Å². The average Bonchev–Trinajstić information content (AvgIpc) is 2.33. The lowest BCUT2D eigenvalue weighted by Gasteiger charge is -2.28. The van der Waals surface area contributed by atoms with E-state index in [2.05, 4.69) is 5.32 Å². The van der Waals surface area contributed by atoms with Crippen LogP contribution in [0, 0.1) is 5.92 Å². The molecule has 0 aromatic rings. The van der Waals surface area contributed by atoms with Gasteiger partial charge < -0.3 is 10.4 Å². The fourth-order valence-electron chi connectivity index (χ4n) is 2.19. The fourth-order valence-corrected chi connectivity index (χ4v) is 2.19. The minimum absolute atomic E-state index is 0.0161. The Morgan fingerprint density at radius 1 is 1.08 bits per heavy atom. The molecule has 0 saturated heterocycles. The van der Waals surface area contributed by atoms with Crippen LogP contribution in [-0.4, -0.2) is 23.8 Å². The molecule has 2 atom stereocenters. The first-order chi connectivity index (χ1) is 5.86. The summed E-state index contributed by atoms with van der Waals surface area (Å²) in [5, 5.41) is 13.1. The standard InChI is InChI=1S/C10H19NO/c12-10-6-1-3-8(10)7-11-9-4-2-5-9/h8-12H,1-7H2. The van der Waals surface area contributed by atoms with Crippen molar-refractivity contribution in [2.75, 3.05) is 6.54 Å². The van der Waals surface area contributed by atoms with Crippen molar-refractivity contribution in [1.29, 1.82) is 0 Å². The summed E-state index contributed by atoms with van der Waals surface area (Å²) in [4.78, 5) is 0. The lowest BCUT2D eigenvalue weighted by atomic mass is 9.92. The molecule has 0 bridgehead atoms. The predicted octanol–water partition coefficient (Wildman–Crippen LogP) is 1.29. The Kier molecular flexibility index (Phi) is 2.66. The van der Waals surface area contributed by atoms with Crippen molar-refractivity contribution in [2.45, 2.75) is 50.7 Å². The lowest BCUT2D eigenvalue weighted by molar-refractivity contribution is 0.127. The molecule has 2 unspecified atom stereocenters. The summed E-state index contributed by atoms with van der Waals surface area (Å²) in [5.74, 6) is 0.547. The Morgan fingerprint density at radius 2 is 1.83 bits per heavy atom. The molecular formula is C10H19NO. The second kappa shape index (κ2) is 3.75. The van der Waals surface area contributed by atoms with Crippen molar-refractivity contribution in [2.24, 2.45) is 5.92 Å². The third-order valence-electron chi connectivity index (χ3n) is 3.39. The Morgan fingerprint density at radius 3 is 2.33 bits per heavy atom. The van der Waals surface area contributed by atoms with Crippen LogP contribution in [0.15, 0.2) is 0 Å². The van der Waals surface area contributed by atoms with Crippen LogP contribution < -0.4 is 5.32 Å². The zero-order chi connectivity index (χ0) is 8.39. The summed E-state index contributed by atoms with van der Waals surface area (Å²) in [6, 6.07) is 0.776. The van der Waals surface area contributed by atoms with E-state index >= 15 is 0 Å². The van der Waals surface area contributed by atoms with E-state index in [0.29, 0.717) is 5.92 Å². The van der Waals surface area contributed by atoms with E-state index in [1.165, 1.54) is 32.1 Å². The first-order valence-electron chi connectivity index (χ1n) is 5.28. The predicted molar refractivity (Wildman–Crippen MR) is 49.0 cm³/mol. The SMILES string of the molecule is OC1CCCC1CNC1CCC1. The molecule has 0 heterocycles. The first kappa shape index (κ1) is 8.52. The maximum atomic E-state index is 9.55. The molecule has 12 heavy (non-hydrogen) atoms. The Hall–Kier alpha value is -0.0800. The zero-order valence-electron chi connectivity index (χ0n) is 7.63. The highest BCUT2D eigenvalue weighted by Gasteiger charge is 2.26. The highest BCUT2D eigenvalue weighted by Crippen LogP contribution is 2.26. The summed E-state index contributed by atoms with van der Waals surface area (Å²) in [7, 11) is 0. The van der Waals surface area contributed by atoms with Crippen molar-refractivity contribution in [1.82, 2.24) is 5.32 Å². The van der Waals surface area contributed by atoms with Gasteiger partial charge in [0, 0.05) is 12.6 Å². The molecule has 0 aliphatic heterocycles. The van der Waals surface area contributed by atoms with Crippen molar-refractivity contribution >= 4 is 0 Å². The molecule has 2 aliphatic carbocycles. The van der Waals surface area contributed by atoms with Gasteiger partial charge in [-0.05, 0) is 31.6 Å². The summed E-state index contributed by atoms with van der Waals surface area (Å²) < 4.78 is 0. The van der Waals surface area contributed by atoms with E-state index in [9.17, 15) is 5.11 Å². The van der Waals surface area contributed by atoms with Gasteiger partial charge in [-0.1, -0.05) is 12.8 Å². The van der Waals surface area contributed by atoms with Crippen molar-refractivity contribution in [3.8, 4) is 0 Å². The summed E-state index contributed by atoms with van der Waals surface area (Å²) in [6.45, 7) is 1.05. The molecule has 2 rings (SSSR count). The molecule has 2 N–H and O–H groups in total. The van der Waals surface area contributed by atoms with E-state index in [-0.39, 0.29) is 6.10 Å². The molecule has 0 aromatic heterocycles. The van der Waals surface area contributed by atoms with Crippen molar-refractivity contribution in [3.63, 3.8) is 0 Å². The molecule has 2 fully saturated rings. The van der Waals surface area contributed by atoms with E-state index in [4.69, 9.17) is 0 Å². The maximum absolute atomic E-state index is 9.55. The molecule has 2 saturated carbocycles. The van der Waals surface area contributed by atoms with Gasteiger partial charge in [0.1, 0.15) is 0 Å². The molecule has 2 aliphatic rings. The van der Waals surface area contributed by atoms with E-state index < -0.39 is 0 Å². The van der Waals surface area contributed by atoms with Crippen LogP contribution in [0.2, 0.25) is 0 Å². The largest absolute Gasteiger partial charge is 0.393 e. The number of hydrogen-bond donors (Lipinski definition) is 2. The highest BCUT2D eigenvalue weighted by atomic mass is 16.3. The summed E-state index contributed by atoms with van der Waals surface area (Å²) in [6.07, 6.45) is 7.55. The monoisotopic (exact) mass is 169 g/mol. The van der Waals surface area contributed by atoms with Crippen LogP contribution in [0.1, 0.15) is 38.5 Å². The first-order valence-corrected chi connectivity index (χ1v) is 5.28. The summed E-state index contributed by atoms with van der Waals surface area (Å²) in [5.41, 5.74) is 0. The van der Waals surface area contributed by atoms with E-state index in [1.807, 2.05) is 0 Å². The summed E-state index contributed by atoms with van der Waals surface area (Å²) >= 11 is 0. The highest BCUT2D eigenvalue weighted by molar-refractivity contribution is 4.82. The van der Waals surface area contributed by atoms with Crippen LogP contribution in [0.25, 0.3) is 0 Å². The van der Waals surface area contributed by atoms with Gasteiger partial charge in [-0.25, -0.2) is 0 Å². The van der Waals surface area contributed by atoms with Crippen molar-refractivity contribution < 1.29 is 5.11 Å². The lowest BCUT2D eigenvalue weighted by Crippen LogP contribution is -2.39. The van der Waals surface area contributed by atoms with Crippen LogP contribution >= 0.6 is 0 Å². The topological polar surface area (TPSA) is 32.3 Å². The van der Waals surface area contributed by atoms with Gasteiger partial charge in [0.25, 0.3) is 0 Å². The number of aliphatic hydroxyl groups excluding tert-OH is 1. The Balaban J connectivity index is 1.64. The fraction of sp³-hybridized carbons (Fsp3) is 1.00. The number of rotatable bonds is 3. The Bertz CT molecular complexity index is 145. The van der Waals surface area contributed by atoms with Crippen LogP contribution in [0.5, 0.6) is 0 Å². The van der Waals surface area contributed by atoms with Crippen molar-refractivity contribution in [3.05, 3.63) is 0 Å². The van der Waals surface area contributed by atoms with Gasteiger partial charge >= 0.3 is 0 Å². The van der Waals surface area contributed by atoms with Gasteiger partial charge in [0.2, 0.25) is 0 Å². The Labute approximate surface area is 74.4 Å². The van der Waals surface area contributed by atoms with Crippen LogP contribution in [-0.2, 0) is 0 Å². The smallest absolute Gasteiger partial charge is 0.0580 e. The quantitative estimate of drug-likeness (QED) is 0.667. The van der Waals surface area contributed by atoms with E-state index in [0.717, 1.165) is 19.0 Å². The van der Waals surface area contributed by atoms with Crippen LogP contribution in [0.3, 0.4) is 0 Å². The minimum Gasteiger partial charge on any atom is -0.393 e. The number of hydrogen-bond acceptors (Lipinski definition) is 2. The third kappa shape index (κ3) is 1.80. The average molecular weight is 169 g/mol. The molecule has 0 aromatic carbocycles. The van der Waals surface area contributed by atoms with Gasteiger partial charge in [-0.3, -0.25) is 0 Å². The van der Waals surface area contributed by atoms with Crippen LogP contribution in [0.4, 0.5) is 0 Å². The molecule has 2 heteroatoms. The maximum Gasteiger partial charge on any atom is 0.0580 e. The molecular weight excluding hydrogens is 150 g/mol. The molecule has 0 spiro atoms. The second-order valence-corrected chi connectivity index (χ2v) is 4.29. The molecule has 70 valence electrons. The number of aliphatic hydroxyl groups is 1. The second-order valence-electron chi connectivity index (χ2n) is 4.29.